The summed E-state index contributed by atoms with van der Waals surface area (Å²) < 4.78 is 0. The molecule has 0 saturated carbocycles. The molecule has 1 aromatic carbocycles. The SMILES string of the molecule is CN(CC(=O)N1CCc2ccccc21)CC(C)(C)O. The van der Waals surface area contributed by atoms with Crippen LogP contribution in [0.15, 0.2) is 24.3 Å². The first-order valence-corrected chi connectivity index (χ1v) is 6.66. The van der Waals surface area contributed by atoms with Gasteiger partial charge in [-0.25, -0.2) is 0 Å². The Morgan fingerprint density at radius 3 is 2.79 bits per heavy atom. The largest absolute Gasteiger partial charge is 0.389 e. The summed E-state index contributed by atoms with van der Waals surface area (Å²) in [5.74, 6) is 0.0942. The summed E-state index contributed by atoms with van der Waals surface area (Å²) in [6, 6.07) is 8.04. The fraction of sp³-hybridized carbons (Fsp3) is 0.533. The Kier molecular flexibility index (Phi) is 3.92. The highest BCUT2D eigenvalue weighted by Crippen LogP contribution is 2.27. The Bertz CT molecular complexity index is 465. The van der Waals surface area contributed by atoms with Crippen molar-refractivity contribution in [3.05, 3.63) is 29.8 Å². The maximum absolute atomic E-state index is 12.3. The Labute approximate surface area is 114 Å². The van der Waals surface area contributed by atoms with Crippen LogP contribution in [0.25, 0.3) is 0 Å². The summed E-state index contributed by atoms with van der Waals surface area (Å²) >= 11 is 0. The zero-order valence-corrected chi connectivity index (χ0v) is 11.9. The number of carbonyl (C=O) groups is 1. The van der Waals surface area contributed by atoms with Crippen molar-refractivity contribution in [3.8, 4) is 0 Å². The standard InChI is InChI=1S/C15H22N2O2/c1-15(2,19)11-16(3)10-14(18)17-9-8-12-6-4-5-7-13(12)17/h4-7,19H,8-11H2,1-3H3. The highest BCUT2D eigenvalue weighted by atomic mass is 16.3. The van der Waals surface area contributed by atoms with Crippen molar-refractivity contribution in [2.45, 2.75) is 25.9 Å². The highest BCUT2D eigenvalue weighted by molar-refractivity contribution is 5.96. The molecule has 104 valence electrons. The number of para-hydroxylation sites is 1. The lowest BCUT2D eigenvalue weighted by Crippen LogP contribution is -2.43. The maximum Gasteiger partial charge on any atom is 0.241 e. The molecule has 0 spiro atoms. The molecule has 1 aliphatic heterocycles. The molecule has 4 heteroatoms. The number of aliphatic hydroxyl groups is 1. The summed E-state index contributed by atoms with van der Waals surface area (Å²) in [5.41, 5.74) is 1.49. The van der Waals surface area contributed by atoms with Gasteiger partial charge in [-0.05, 0) is 38.9 Å². The van der Waals surface area contributed by atoms with Gasteiger partial charge in [0.1, 0.15) is 0 Å². The van der Waals surface area contributed by atoms with Gasteiger partial charge in [0.25, 0.3) is 0 Å². The number of amides is 1. The third kappa shape index (κ3) is 3.55. The molecule has 4 nitrogen and oxygen atoms in total. The van der Waals surface area contributed by atoms with Crippen LogP contribution in [0.2, 0.25) is 0 Å². The predicted molar refractivity (Wildman–Crippen MR) is 76.3 cm³/mol. The molecule has 1 amide bonds. The van der Waals surface area contributed by atoms with Crippen molar-refractivity contribution in [1.29, 1.82) is 0 Å². The van der Waals surface area contributed by atoms with Crippen LogP contribution in [-0.2, 0) is 11.2 Å². The molecule has 0 unspecified atom stereocenters. The van der Waals surface area contributed by atoms with E-state index in [0.717, 1.165) is 18.7 Å². The number of anilines is 1. The summed E-state index contributed by atoms with van der Waals surface area (Å²) in [6.45, 7) is 5.07. The van der Waals surface area contributed by atoms with Gasteiger partial charge in [-0.3, -0.25) is 9.69 Å². The minimum Gasteiger partial charge on any atom is -0.389 e. The first-order chi connectivity index (χ1) is 8.87. The van der Waals surface area contributed by atoms with Gasteiger partial charge in [-0.2, -0.15) is 0 Å². The van der Waals surface area contributed by atoms with Crippen LogP contribution in [0.5, 0.6) is 0 Å². The molecule has 1 aromatic rings. The van der Waals surface area contributed by atoms with Crippen LogP contribution < -0.4 is 4.90 Å². The second-order valence-electron chi connectivity index (χ2n) is 5.91. The highest BCUT2D eigenvalue weighted by Gasteiger charge is 2.25. The van der Waals surface area contributed by atoms with E-state index in [2.05, 4.69) is 6.07 Å². The molecule has 1 aliphatic rings. The molecule has 0 aromatic heterocycles. The summed E-state index contributed by atoms with van der Waals surface area (Å²) in [7, 11) is 1.86. The average molecular weight is 262 g/mol. The van der Waals surface area contributed by atoms with Crippen molar-refractivity contribution < 1.29 is 9.90 Å². The van der Waals surface area contributed by atoms with Crippen LogP contribution in [0.3, 0.4) is 0 Å². The second kappa shape index (κ2) is 5.31. The number of rotatable bonds is 4. The van der Waals surface area contributed by atoms with Crippen molar-refractivity contribution in [2.24, 2.45) is 0 Å². The van der Waals surface area contributed by atoms with E-state index in [4.69, 9.17) is 0 Å². The van der Waals surface area contributed by atoms with E-state index in [-0.39, 0.29) is 5.91 Å². The lowest BCUT2D eigenvalue weighted by molar-refractivity contribution is -0.119. The number of fused-ring (bicyclic) bond motifs is 1. The summed E-state index contributed by atoms with van der Waals surface area (Å²) in [5, 5.41) is 9.76. The van der Waals surface area contributed by atoms with Crippen molar-refractivity contribution >= 4 is 11.6 Å². The molecule has 0 fully saturated rings. The molecule has 0 bridgehead atoms. The fourth-order valence-corrected chi connectivity index (χ4v) is 2.63. The van der Waals surface area contributed by atoms with Crippen molar-refractivity contribution in [3.63, 3.8) is 0 Å². The van der Waals surface area contributed by atoms with E-state index >= 15 is 0 Å². The van der Waals surface area contributed by atoms with Gasteiger partial charge in [0.15, 0.2) is 0 Å². The third-order valence-corrected chi connectivity index (χ3v) is 3.25. The molecular formula is C15H22N2O2. The zero-order valence-electron chi connectivity index (χ0n) is 11.9. The predicted octanol–water partition coefficient (Wildman–Crippen LogP) is 1.28. The molecular weight excluding hydrogens is 240 g/mol. The number of hydrogen-bond acceptors (Lipinski definition) is 3. The molecule has 0 atom stereocenters. The molecule has 1 N–H and O–H groups in total. The lowest BCUT2D eigenvalue weighted by atomic mass is 10.1. The normalized spacial score (nSPS) is 14.9. The maximum atomic E-state index is 12.3. The Hall–Kier alpha value is -1.39. The molecule has 19 heavy (non-hydrogen) atoms. The van der Waals surface area contributed by atoms with Crippen molar-refractivity contribution in [2.75, 3.05) is 31.6 Å². The van der Waals surface area contributed by atoms with E-state index in [1.807, 2.05) is 35.0 Å². The van der Waals surface area contributed by atoms with E-state index in [1.165, 1.54) is 5.56 Å². The molecule has 2 rings (SSSR count). The number of nitrogens with zero attached hydrogens (tertiary/aromatic N) is 2. The van der Waals surface area contributed by atoms with E-state index in [1.54, 1.807) is 13.8 Å². The van der Waals surface area contributed by atoms with Gasteiger partial charge in [0.05, 0.1) is 12.1 Å². The monoisotopic (exact) mass is 262 g/mol. The van der Waals surface area contributed by atoms with Gasteiger partial charge in [0.2, 0.25) is 5.91 Å². The van der Waals surface area contributed by atoms with Gasteiger partial charge < -0.3 is 10.0 Å². The Morgan fingerprint density at radius 2 is 2.11 bits per heavy atom. The second-order valence-corrected chi connectivity index (χ2v) is 5.91. The quantitative estimate of drug-likeness (QED) is 0.889. The van der Waals surface area contributed by atoms with Gasteiger partial charge in [-0.15, -0.1) is 0 Å². The van der Waals surface area contributed by atoms with Crippen LogP contribution in [-0.4, -0.2) is 48.2 Å². The number of benzene rings is 1. The summed E-state index contributed by atoms with van der Waals surface area (Å²) in [6.07, 6.45) is 0.928. The number of hydrogen-bond donors (Lipinski definition) is 1. The third-order valence-electron chi connectivity index (χ3n) is 3.25. The molecule has 1 heterocycles. The minimum absolute atomic E-state index is 0.0942. The van der Waals surface area contributed by atoms with E-state index in [0.29, 0.717) is 13.1 Å². The van der Waals surface area contributed by atoms with Crippen LogP contribution in [0.4, 0.5) is 5.69 Å². The van der Waals surface area contributed by atoms with Crippen LogP contribution in [0, 0.1) is 0 Å². The van der Waals surface area contributed by atoms with E-state index < -0.39 is 5.60 Å². The minimum atomic E-state index is -0.780. The molecule has 0 aliphatic carbocycles. The Balaban J connectivity index is 1.99. The lowest BCUT2D eigenvalue weighted by Gasteiger charge is -2.27. The summed E-state index contributed by atoms with van der Waals surface area (Å²) in [4.78, 5) is 16.0. The van der Waals surface area contributed by atoms with Crippen molar-refractivity contribution in [1.82, 2.24) is 4.90 Å². The first-order valence-electron chi connectivity index (χ1n) is 6.66. The Morgan fingerprint density at radius 1 is 1.42 bits per heavy atom. The smallest absolute Gasteiger partial charge is 0.241 e. The van der Waals surface area contributed by atoms with Gasteiger partial charge in [-0.1, -0.05) is 18.2 Å². The fourth-order valence-electron chi connectivity index (χ4n) is 2.63. The van der Waals surface area contributed by atoms with Crippen LogP contribution >= 0.6 is 0 Å². The first kappa shape index (κ1) is 14.0. The van der Waals surface area contributed by atoms with E-state index in [9.17, 15) is 9.90 Å². The van der Waals surface area contributed by atoms with Gasteiger partial charge in [0, 0.05) is 18.8 Å². The molecule has 0 radical (unpaired) electrons. The zero-order chi connectivity index (χ0) is 14.0. The van der Waals surface area contributed by atoms with Gasteiger partial charge >= 0.3 is 0 Å². The van der Waals surface area contributed by atoms with Crippen LogP contribution in [0.1, 0.15) is 19.4 Å². The number of carbonyl (C=O) groups excluding carboxylic acids is 1. The number of likely N-dealkylation sites (N-methyl/N-ethyl adjacent to an activating group) is 1. The average Bonchev–Trinajstić information content (AvgIpc) is 2.69. The topological polar surface area (TPSA) is 43.8 Å². The molecule has 0 saturated heterocycles.